The van der Waals surface area contributed by atoms with Crippen molar-refractivity contribution in [1.82, 2.24) is 0 Å². The van der Waals surface area contributed by atoms with Gasteiger partial charge >= 0.3 is 0 Å². The van der Waals surface area contributed by atoms with Crippen LogP contribution in [0.3, 0.4) is 0 Å². The van der Waals surface area contributed by atoms with Crippen molar-refractivity contribution in [2.45, 2.75) is 77.1 Å². The first kappa shape index (κ1) is 20.1. The molecule has 6 rings (SSSR count). The molecule has 5 aliphatic rings. The number of para-hydroxylation sites is 1. The number of fused-ring (bicyclic) bond motifs is 5. The van der Waals surface area contributed by atoms with Crippen molar-refractivity contribution in [3.63, 3.8) is 0 Å². The zero-order valence-electron chi connectivity index (χ0n) is 19.2. The molecule has 0 bridgehead atoms. The Balaban J connectivity index is 1.39. The number of hydrogen-bond donors (Lipinski definition) is 1. The minimum Gasteiger partial charge on any atom is -0.457 e. The van der Waals surface area contributed by atoms with E-state index in [4.69, 9.17) is 9.47 Å². The van der Waals surface area contributed by atoms with Gasteiger partial charge in [0, 0.05) is 10.8 Å². The third kappa shape index (κ3) is 2.48. The van der Waals surface area contributed by atoms with Crippen LogP contribution in [0.25, 0.3) is 0 Å². The second kappa shape index (κ2) is 6.48. The minimum atomic E-state index is -0.994. The zero-order valence-corrected chi connectivity index (χ0v) is 19.2. The lowest BCUT2D eigenvalue weighted by Crippen LogP contribution is -2.62. The molecule has 31 heavy (non-hydrogen) atoms. The Hall–Kier alpha value is -1.58. The fraction of sp³-hybridized carbons (Fsp3) is 0.643. The van der Waals surface area contributed by atoms with Crippen LogP contribution in [0, 0.1) is 28.6 Å². The van der Waals surface area contributed by atoms with Crippen molar-refractivity contribution < 1.29 is 14.6 Å². The molecule has 0 aromatic heterocycles. The average Bonchev–Trinajstić information content (AvgIpc) is 3.51. The quantitative estimate of drug-likeness (QED) is 0.479. The second-order valence-electron chi connectivity index (χ2n) is 11.3. The number of rotatable bonds is 3. The van der Waals surface area contributed by atoms with Crippen LogP contribution >= 0.6 is 0 Å². The SMILES string of the molecule is C[C@H]1C[C@H]2[C@@H]3CCC4=CCCC[C@]4(C)C3=CC[C@]2(C)[C@@]1(O)C1(Oc2ccccc2)CO1. The number of allylic oxidation sites excluding steroid dienone is 4. The molecule has 7 atom stereocenters. The number of benzene rings is 1. The van der Waals surface area contributed by atoms with Crippen molar-refractivity contribution in [3.05, 3.63) is 53.6 Å². The first-order valence-electron chi connectivity index (χ1n) is 12.3. The average molecular weight is 421 g/mol. The Morgan fingerprint density at radius 2 is 1.90 bits per heavy atom. The molecular formula is C28H36O3. The van der Waals surface area contributed by atoms with E-state index in [-0.39, 0.29) is 16.7 Å². The summed E-state index contributed by atoms with van der Waals surface area (Å²) < 4.78 is 12.4. The van der Waals surface area contributed by atoms with E-state index in [1.54, 1.807) is 11.1 Å². The van der Waals surface area contributed by atoms with Crippen LogP contribution in [0.15, 0.2) is 53.6 Å². The topological polar surface area (TPSA) is 42.0 Å². The van der Waals surface area contributed by atoms with Gasteiger partial charge in [0.15, 0.2) is 0 Å². The lowest BCUT2D eigenvalue weighted by molar-refractivity contribution is -0.208. The van der Waals surface area contributed by atoms with Gasteiger partial charge in [-0.15, -0.1) is 0 Å². The lowest BCUT2D eigenvalue weighted by Gasteiger charge is -2.55. The first-order chi connectivity index (χ1) is 14.8. The lowest BCUT2D eigenvalue weighted by atomic mass is 9.50. The Kier molecular flexibility index (Phi) is 4.19. The molecular weight excluding hydrogens is 384 g/mol. The molecule has 4 aliphatic carbocycles. The molecule has 0 radical (unpaired) electrons. The second-order valence-corrected chi connectivity index (χ2v) is 11.3. The summed E-state index contributed by atoms with van der Waals surface area (Å²) in [6, 6.07) is 9.87. The minimum absolute atomic E-state index is 0.137. The molecule has 1 aromatic rings. The van der Waals surface area contributed by atoms with Gasteiger partial charge in [0.1, 0.15) is 18.0 Å². The van der Waals surface area contributed by atoms with Crippen molar-refractivity contribution in [2.24, 2.45) is 28.6 Å². The highest BCUT2D eigenvalue weighted by Crippen LogP contribution is 2.70. The van der Waals surface area contributed by atoms with E-state index in [0.717, 1.165) is 18.6 Å². The highest BCUT2D eigenvalue weighted by molar-refractivity contribution is 5.40. The molecule has 3 nitrogen and oxygen atoms in total. The van der Waals surface area contributed by atoms with Gasteiger partial charge in [0.25, 0.3) is 5.79 Å². The third-order valence-corrected chi connectivity index (χ3v) is 10.00. The van der Waals surface area contributed by atoms with Crippen molar-refractivity contribution >= 4 is 0 Å². The molecule has 1 N–H and O–H groups in total. The van der Waals surface area contributed by atoms with Gasteiger partial charge in [-0.05, 0) is 74.8 Å². The maximum Gasteiger partial charge on any atom is 0.264 e. The Bertz CT molecular complexity index is 944. The highest BCUT2D eigenvalue weighted by Gasteiger charge is 2.78. The Morgan fingerprint density at radius 1 is 1.13 bits per heavy atom. The van der Waals surface area contributed by atoms with E-state index in [2.05, 4.69) is 32.9 Å². The van der Waals surface area contributed by atoms with E-state index in [9.17, 15) is 5.11 Å². The summed E-state index contributed by atoms with van der Waals surface area (Å²) >= 11 is 0. The van der Waals surface area contributed by atoms with Crippen LogP contribution in [0.4, 0.5) is 0 Å². The van der Waals surface area contributed by atoms with E-state index in [1.807, 2.05) is 30.3 Å². The number of aliphatic hydroxyl groups is 1. The van der Waals surface area contributed by atoms with Gasteiger partial charge in [-0.25, -0.2) is 0 Å². The predicted molar refractivity (Wildman–Crippen MR) is 122 cm³/mol. The van der Waals surface area contributed by atoms with Crippen molar-refractivity contribution in [3.8, 4) is 5.75 Å². The number of epoxide rings is 1. The van der Waals surface area contributed by atoms with Gasteiger partial charge in [0.2, 0.25) is 0 Å². The summed E-state index contributed by atoms with van der Waals surface area (Å²) in [5.74, 6) is 1.05. The summed E-state index contributed by atoms with van der Waals surface area (Å²) in [7, 11) is 0. The van der Waals surface area contributed by atoms with E-state index < -0.39 is 11.4 Å². The fourth-order valence-corrected chi connectivity index (χ4v) is 8.30. The Morgan fingerprint density at radius 3 is 2.65 bits per heavy atom. The van der Waals surface area contributed by atoms with Gasteiger partial charge in [0.05, 0.1) is 0 Å². The monoisotopic (exact) mass is 420 g/mol. The van der Waals surface area contributed by atoms with Crippen molar-refractivity contribution in [1.29, 1.82) is 0 Å². The van der Waals surface area contributed by atoms with Gasteiger partial charge in [-0.2, -0.15) is 0 Å². The highest BCUT2D eigenvalue weighted by atomic mass is 16.8. The summed E-state index contributed by atoms with van der Waals surface area (Å²) in [6.45, 7) is 7.50. The van der Waals surface area contributed by atoms with Gasteiger partial charge in [-0.3, -0.25) is 0 Å². The standard InChI is InChI=1S/C28H36O3/c1-19-17-24-22-13-12-20-9-7-8-15-25(20,2)23(22)14-16-26(24,3)28(19,29)27(18-30-27)31-21-10-5-4-6-11-21/h4-6,9-11,14,19,22,24,29H,7-8,12-13,15-18H2,1-3H3/t19-,22+,24-,25-,26-,27?,28+/m0/s1. The van der Waals surface area contributed by atoms with E-state index >= 15 is 0 Å². The third-order valence-electron chi connectivity index (χ3n) is 10.00. The summed E-state index contributed by atoms with van der Waals surface area (Å²) in [5.41, 5.74) is 2.38. The molecule has 0 amide bonds. The van der Waals surface area contributed by atoms with Crippen LogP contribution in [0.1, 0.15) is 65.7 Å². The smallest absolute Gasteiger partial charge is 0.264 e. The van der Waals surface area contributed by atoms with Crippen LogP contribution in [0.2, 0.25) is 0 Å². The van der Waals surface area contributed by atoms with Gasteiger partial charge < -0.3 is 14.6 Å². The normalized spacial score (nSPS) is 48.1. The van der Waals surface area contributed by atoms with E-state index in [0.29, 0.717) is 18.4 Å². The first-order valence-corrected chi connectivity index (χ1v) is 12.3. The molecule has 166 valence electrons. The maximum atomic E-state index is 12.5. The molecule has 1 aromatic carbocycles. The predicted octanol–water partition coefficient (Wildman–Crippen LogP) is 6.04. The van der Waals surface area contributed by atoms with Crippen molar-refractivity contribution in [2.75, 3.05) is 6.61 Å². The molecule has 1 saturated heterocycles. The largest absolute Gasteiger partial charge is 0.457 e. The summed E-state index contributed by atoms with van der Waals surface area (Å²) in [6.07, 6.45) is 13.3. The molecule has 1 aliphatic heterocycles. The summed E-state index contributed by atoms with van der Waals surface area (Å²) in [4.78, 5) is 0. The zero-order chi connectivity index (χ0) is 21.5. The fourth-order valence-electron chi connectivity index (χ4n) is 8.30. The van der Waals surface area contributed by atoms with Crippen LogP contribution < -0.4 is 4.74 Å². The maximum absolute atomic E-state index is 12.5. The number of hydrogen-bond acceptors (Lipinski definition) is 3. The molecule has 1 unspecified atom stereocenters. The molecule has 3 fully saturated rings. The number of ether oxygens (including phenoxy) is 2. The van der Waals surface area contributed by atoms with Crippen LogP contribution in [-0.2, 0) is 4.74 Å². The molecule has 1 heterocycles. The summed E-state index contributed by atoms with van der Waals surface area (Å²) in [5, 5.41) is 12.5. The van der Waals surface area contributed by atoms with Crippen LogP contribution in [-0.4, -0.2) is 23.1 Å². The van der Waals surface area contributed by atoms with Gasteiger partial charge in [-0.1, -0.05) is 62.3 Å². The molecule has 3 heteroatoms. The Labute approximate surface area is 186 Å². The van der Waals surface area contributed by atoms with E-state index in [1.165, 1.54) is 32.1 Å². The molecule has 0 spiro atoms. The van der Waals surface area contributed by atoms with Crippen LogP contribution in [0.5, 0.6) is 5.75 Å². The molecule has 2 saturated carbocycles.